The molecule has 5 nitrogen and oxygen atoms in total. The van der Waals surface area contributed by atoms with E-state index in [0.717, 1.165) is 34.8 Å². The first-order chi connectivity index (χ1) is 12.4. The third-order valence-electron chi connectivity index (χ3n) is 5.35. The van der Waals surface area contributed by atoms with Crippen molar-refractivity contribution in [2.45, 2.75) is 46.2 Å². The Labute approximate surface area is 159 Å². The van der Waals surface area contributed by atoms with Crippen LogP contribution in [0.4, 0.5) is 0 Å². The summed E-state index contributed by atoms with van der Waals surface area (Å²) in [6.07, 6.45) is 0.981. The zero-order chi connectivity index (χ0) is 18.8. The molecule has 1 aromatic heterocycles. The van der Waals surface area contributed by atoms with Gasteiger partial charge in [-0.3, -0.25) is 15.6 Å². The van der Waals surface area contributed by atoms with Crippen LogP contribution in [0.1, 0.15) is 41.2 Å². The molecule has 1 amide bonds. The fraction of sp³-hybridized carbons (Fsp3) is 0.500. The first-order valence-corrected chi connectivity index (χ1v) is 9.99. The number of carbonyl (C=O) groups is 1. The SMILES string of the molecule is Cc1nc(-c2cccc(C(=O)N(C)CCC3C(C)NNC3C)c2)sc1C. The summed E-state index contributed by atoms with van der Waals surface area (Å²) >= 11 is 1.67. The van der Waals surface area contributed by atoms with Gasteiger partial charge in [-0.15, -0.1) is 11.3 Å². The molecule has 0 radical (unpaired) electrons. The molecule has 1 aliphatic heterocycles. The van der Waals surface area contributed by atoms with Gasteiger partial charge in [-0.05, 0) is 52.2 Å². The predicted molar refractivity (Wildman–Crippen MR) is 107 cm³/mol. The number of nitrogens with one attached hydrogen (secondary N) is 2. The minimum atomic E-state index is 0.0658. The molecule has 1 aromatic carbocycles. The lowest BCUT2D eigenvalue weighted by Gasteiger charge is -2.23. The first-order valence-electron chi connectivity index (χ1n) is 9.17. The van der Waals surface area contributed by atoms with E-state index in [0.29, 0.717) is 18.0 Å². The van der Waals surface area contributed by atoms with Crippen LogP contribution < -0.4 is 10.9 Å². The van der Waals surface area contributed by atoms with Crippen molar-refractivity contribution in [3.8, 4) is 10.6 Å². The van der Waals surface area contributed by atoms with Crippen molar-refractivity contribution in [3.63, 3.8) is 0 Å². The maximum absolute atomic E-state index is 12.8. The van der Waals surface area contributed by atoms with Gasteiger partial charge in [-0.2, -0.15) is 0 Å². The van der Waals surface area contributed by atoms with Crippen LogP contribution in [0, 0.1) is 19.8 Å². The lowest BCUT2D eigenvalue weighted by molar-refractivity contribution is 0.0785. The highest BCUT2D eigenvalue weighted by Gasteiger charge is 2.29. The molecule has 2 aromatic rings. The van der Waals surface area contributed by atoms with Crippen LogP contribution in [0.2, 0.25) is 0 Å². The number of aromatic nitrogens is 1. The number of amides is 1. The van der Waals surface area contributed by atoms with E-state index >= 15 is 0 Å². The van der Waals surface area contributed by atoms with Crippen LogP contribution in [-0.4, -0.2) is 41.5 Å². The van der Waals surface area contributed by atoms with Gasteiger partial charge in [0, 0.05) is 41.7 Å². The number of thiazole rings is 1. The van der Waals surface area contributed by atoms with Crippen molar-refractivity contribution >= 4 is 17.2 Å². The van der Waals surface area contributed by atoms with Crippen LogP contribution in [0.15, 0.2) is 24.3 Å². The van der Waals surface area contributed by atoms with E-state index < -0.39 is 0 Å². The molecule has 0 saturated carbocycles. The minimum absolute atomic E-state index is 0.0658. The third kappa shape index (κ3) is 3.98. The van der Waals surface area contributed by atoms with Gasteiger partial charge < -0.3 is 4.90 Å². The number of rotatable bonds is 5. The molecule has 6 heteroatoms. The number of carbonyl (C=O) groups excluding carboxylic acids is 1. The van der Waals surface area contributed by atoms with Crippen LogP contribution in [-0.2, 0) is 0 Å². The zero-order valence-corrected chi connectivity index (χ0v) is 17.0. The molecule has 0 aliphatic carbocycles. The van der Waals surface area contributed by atoms with Crippen LogP contribution in [0.25, 0.3) is 10.6 Å². The van der Waals surface area contributed by atoms with E-state index in [9.17, 15) is 4.79 Å². The average molecular weight is 373 g/mol. The summed E-state index contributed by atoms with van der Waals surface area (Å²) in [7, 11) is 1.89. The molecule has 2 atom stereocenters. The number of hydrogen-bond donors (Lipinski definition) is 2. The van der Waals surface area contributed by atoms with Gasteiger partial charge >= 0.3 is 0 Å². The maximum atomic E-state index is 12.8. The minimum Gasteiger partial charge on any atom is -0.342 e. The Morgan fingerprint density at radius 1 is 1.23 bits per heavy atom. The summed E-state index contributed by atoms with van der Waals surface area (Å²) in [6.45, 7) is 9.22. The second kappa shape index (κ2) is 7.86. The van der Waals surface area contributed by atoms with Gasteiger partial charge in [0.1, 0.15) is 5.01 Å². The highest BCUT2D eigenvalue weighted by atomic mass is 32.1. The summed E-state index contributed by atoms with van der Waals surface area (Å²) in [4.78, 5) is 20.5. The normalized spacial score (nSPS) is 22.6. The van der Waals surface area contributed by atoms with Crippen LogP contribution in [0.5, 0.6) is 0 Å². The van der Waals surface area contributed by atoms with Crippen molar-refractivity contribution in [2.24, 2.45) is 5.92 Å². The second-order valence-corrected chi connectivity index (χ2v) is 8.49. The van der Waals surface area contributed by atoms with Crippen molar-refractivity contribution in [2.75, 3.05) is 13.6 Å². The molecule has 2 N–H and O–H groups in total. The molecular weight excluding hydrogens is 344 g/mol. The first kappa shape index (κ1) is 19.0. The van der Waals surface area contributed by atoms with Crippen molar-refractivity contribution in [1.29, 1.82) is 0 Å². The maximum Gasteiger partial charge on any atom is 0.253 e. The topological polar surface area (TPSA) is 57.3 Å². The summed E-state index contributed by atoms with van der Waals surface area (Å²) in [5.41, 5.74) is 9.34. The van der Waals surface area contributed by atoms with Gasteiger partial charge in [0.15, 0.2) is 0 Å². The second-order valence-electron chi connectivity index (χ2n) is 7.29. The fourth-order valence-corrected chi connectivity index (χ4v) is 4.37. The molecule has 1 fully saturated rings. The Balaban J connectivity index is 1.68. The molecular formula is C20H28N4OS. The Morgan fingerprint density at radius 2 is 1.92 bits per heavy atom. The quantitative estimate of drug-likeness (QED) is 0.845. The molecule has 26 heavy (non-hydrogen) atoms. The number of benzene rings is 1. The van der Waals surface area contributed by atoms with Gasteiger partial charge in [-0.25, -0.2) is 4.98 Å². The Bertz CT molecular complexity index is 758. The van der Waals surface area contributed by atoms with E-state index in [2.05, 4.69) is 36.6 Å². The van der Waals surface area contributed by atoms with Gasteiger partial charge in [0.25, 0.3) is 5.91 Å². The highest BCUT2D eigenvalue weighted by Crippen LogP contribution is 2.28. The van der Waals surface area contributed by atoms with Gasteiger partial charge in [0.05, 0.1) is 5.69 Å². The van der Waals surface area contributed by atoms with Crippen LogP contribution in [0.3, 0.4) is 0 Å². The summed E-state index contributed by atoms with van der Waals surface area (Å²) in [6, 6.07) is 8.66. The van der Waals surface area contributed by atoms with E-state index in [1.807, 2.05) is 43.1 Å². The molecule has 140 valence electrons. The molecule has 3 rings (SSSR count). The Hall–Kier alpha value is -1.76. The summed E-state index contributed by atoms with van der Waals surface area (Å²) < 4.78 is 0. The summed E-state index contributed by atoms with van der Waals surface area (Å²) in [5, 5.41) is 0.975. The van der Waals surface area contributed by atoms with E-state index in [4.69, 9.17) is 0 Å². The smallest absolute Gasteiger partial charge is 0.253 e. The van der Waals surface area contributed by atoms with Crippen molar-refractivity contribution in [3.05, 3.63) is 40.4 Å². The Kier molecular flexibility index (Phi) is 5.75. The molecule has 2 heterocycles. The number of aryl methyl sites for hydroxylation is 2. The lowest BCUT2D eigenvalue weighted by atomic mass is 9.93. The predicted octanol–water partition coefficient (Wildman–Crippen LogP) is 3.39. The van der Waals surface area contributed by atoms with Crippen molar-refractivity contribution < 1.29 is 4.79 Å². The molecule has 2 unspecified atom stereocenters. The Morgan fingerprint density at radius 3 is 2.54 bits per heavy atom. The van der Waals surface area contributed by atoms with Gasteiger partial charge in [-0.1, -0.05) is 12.1 Å². The number of hydrogen-bond acceptors (Lipinski definition) is 5. The molecule has 1 saturated heterocycles. The van der Waals surface area contributed by atoms with Crippen molar-refractivity contribution in [1.82, 2.24) is 20.7 Å². The van der Waals surface area contributed by atoms with Gasteiger partial charge in [0.2, 0.25) is 0 Å². The largest absolute Gasteiger partial charge is 0.342 e. The third-order valence-corrected chi connectivity index (χ3v) is 6.47. The molecule has 0 bridgehead atoms. The van der Waals surface area contributed by atoms with E-state index in [1.54, 1.807) is 11.3 Å². The average Bonchev–Trinajstić information content (AvgIpc) is 3.14. The zero-order valence-electron chi connectivity index (χ0n) is 16.2. The lowest BCUT2D eigenvalue weighted by Crippen LogP contribution is -2.32. The fourth-order valence-electron chi connectivity index (χ4n) is 3.46. The summed E-state index contributed by atoms with van der Waals surface area (Å²) in [5.74, 6) is 0.592. The number of hydrazine groups is 1. The number of nitrogens with zero attached hydrogens (tertiary/aromatic N) is 2. The molecule has 1 aliphatic rings. The van der Waals surface area contributed by atoms with E-state index in [1.165, 1.54) is 4.88 Å². The van der Waals surface area contributed by atoms with E-state index in [-0.39, 0.29) is 5.91 Å². The molecule has 0 spiro atoms. The monoisotopic (exact) mass is 372 g/mol. The van der Waals surface area contributed by atoms with Crippen LogP contribution >= 0.6 is 11.3 Å². The highest BCUT2D eigenvalue weighted by molar-refractivity contribution is 7.15. The standard InChI is InChI=1S/C20H28N4OS/c1-12-15(4)26-19(21-12)16-7-6-8-17(11-16)20(25)24(5)10-9-18-13(2)22-23-14(18)3/h6-8,11,13-14,18,22-23H,9-10H2,1-5H3.